The Balaban J connectivity index is 1.70. The topological polar surface area (TPSA) is 181 Å². The lowest BCUT2D eigenvalue weighted by atomic mass is 9.83. The van der Waals surface area contributed by atoms with Crippen LogP contribution in [0.1, 0.15) is 56.1 Å². The lowest BCUT2D eigenvalue weighted by Gasteiger charge is -2.34. The molecule has 0 radical (unpaired) electrons. The summed E-state index contributed by atoms with van der Waals surface area (Å²) >= 11 is 0. The van der Waals surface area contributed by atoms with Gasteiger partial charge in [-0.1, -0.05) is 43.5 Å². The van der Waals surface area contributed by atoms with Gasteiger partial charge in [0.05, 0.1) is 0 Å². The van der Waals surface area contributed by atoms with E-state index in [1.165, 1.54) is 4.90 Å². The molecular weight excluding hydrogens is 496 g/mol. The maximum absolute atomic E-state index is 13.6. The minimum atomic E-state index is -0.988. The quantitative estimate of drug-likeness (QED) is 0.146. The monoisotopic (exact) mass is 540 g/mol. The number of nitrogens with two attached hydrogens (primary N) is 2. The highest BCUT2D eigenvalue weighted by atomic mass is 16.2. The van der Waals surface area contributed by atoms with Crippen LogP contribution in [0.4, 0.5) is 0 Å². The standard InChI is InChI=1S/C28H44N8O3/c1-35(2)27(39)22(16-18-8-10-21(11-9-18)24(29)30)25(37)34-23(20-6-4-3-5-7-20)26(38)33-17-19-12-14-36(15-13-19)28(31)32/h8-11,19-20,22-23H,3-7,12-17H2,1-2H3,(H3,29,30)(H3,31,32)(H,33,38)(H,34,37)/t22-,23-/m0/s1. The third kappa shape index (κ3) is 8.43. The Hall–Kier alpha value is -3.63. The predicted octanol–water partition coefficient (Wildman–Crippen LogP) is 1.00. The molecule has 39 heavy (non-hydrogen) atoms. The molecule has 2 atom stereocenters. The number of benzene rings is 1. The van der Waals surface area contributed by atoms with E-state index < -0.39 is 17.9 Å². The fourth-order valence-electron chi connectivity index (χ4n) is 5.51. The maximum Gasteiger partial charge on any atom is 0.242 e. The number of hydrogen-bond donors (Lipinski definition) is 6. The first-order chi connectivity index (χ1) is 18.6. The highest BCUT2D eigenvalue weighted by molar-refractivity contribution is 6.02. The van der Waals surface area contributed by atoms with Crippen molar-refractivity contribution in [2.75, 3.05) is 33.7 Å². The molecule has 1 saturated heterocycles. The van der Waals surface area contributed by atoms with Crippen molar-refractivity contribution in [3.8, 4) is 0 Å². The van der Waals surface area contributed by atoms with Crippen LogP contribution in [0.3, 0.4) is 0 Å². The van der Waals surface area contributed by atoms with Gasteiger partial charge in [-0.15, -0.1) is 0 Å². The Morgan fingerprint density at radius 2 is 1.59 bits per heavy atom. The van der Waals surface area contributed by atoms with Crippen LogP contribution in [0.2, 0.25) is 0 Å². The second-order valence-corrected chi connectivity index (χ2v) is 11.0. The van der Waals surface area contributed by atoms with Crippen LogP contribution < -0.4 is 22.1 Å². The molecule has 8 N–H and O–H groups in total. The first kappa shape index (κ1) is 29.9. The first-order valence-corrected chi connectivity index (χ1v) is 13.9. The van der Waals surface area contributed by atoms with Gasteiger partial charge >= 0.3 is 0 Å². The Bertz CT molecular complexity index is 1030. The number of likely N-dealkylation sites (tertiary alicyclic amines) is 1. The fourth-order valence-corrected chi connectivity index (χ4v) is 5.51. The number of nitrogens with one attached hydrogen (secondary N) is 4. The molecule has 0 aromatic heterocycles. The highest BCUT2D eigenvalue weighted by Crippen LogP contribution is 2.27. The molecular formula is C28H44N8O3. The molecule has 1 aliphatic carbocycles. The molecule has 0 unspecified atom stereocenters. The minimum Gasteiger partial charge on any atom is -0.384 e. The van der Waals surface area contributed by atoms with Crippen molar-refractivity contribution in [1.82, 2.24) is 20.4 Å². The molecule has 0 spiro atoms. The Morgan fingerprint density at radius 1 is 0.974 bits per heavy atom. The van der Waals surface area contributed by atoms with Crippen molar-refractivity contribution in [3.05, 3.63) is 35.4 Å². The Labute approximate surface area is 231 Å². The molecule has 2 aliphatic rings. The zero-order valence-corrected chi connectivity index (χ0v) is 23.2. The third-order valence-corrected chi connectivity index (χ3v) is 7.98. The molecule has 3 rings (SSSR count). The van der Waals surface area contributed by atoms with Crippen molar-refractivity contribution in [2.24, 2.45) is 29.2 Å². The van der Waals surface area contributed by atoms with E-state index in [-0.39, 0.29) is 41.9 Å². The number of hydrogen-bond acceptors (Lipinski definition) is 5. The maximum atomic E-state index is 13.6. The van der Waals surface area contributed by atoms with E-state index in [0.29, 0.717) is 25.2 Å². The number of nitrogen functional groups attached to an aromatic ring is 1. The van der Waals surface area contributed by atoms with Crippen LogP contribution in [-0.2, 0) is 20.8 Å². The average Bonchev–Trinajstić information content (AvgIpc) is 2.93. The molecule has 11 heteroatoms. The lowest BCUT2D eigenvalue weighted by molar-refractivity contribution is -0.142. The molecule has 214 valence electrons. The van der Waals surface area contributed by atoms with Gasteiger partial charge in [-0.3, -0.25) is 25.2 Å². The summed E-state index contributed by atoms with van der Waals surface area (Å²) in [6, 6.07) is 6.23. The molecule has 1 saturated carbocycles. The van der Waals surface area contributed by atoms with Gasteiger partial charge in [0, 0.05) is 39.3 Å². The van der Waals surface area contributed by atoms with E-state index in [0.717, 1.165) is 50.5 Å². The average molecular weight is 541 g/mol. The van der Waals surface area contributed by atoms with Gasteiger partial charge < -0.3 is 31.9 Å². The normalized spacial score (nSPS) is 18.1. The number of rotatable bonds is 10. The highest BCUT2D eigenvalue weighted by Gasteiger charge is 2.36. The van der Waals surface area contributed by atoms with Crippen molar-refractivity contribution < 1.29 is 14.4 Å². The Morgan fingerprint density at radius 3 is 2.13 bits per heavy atom. The number of carbonyl (C=O) groups excluding carboxylic acids is 3. The summed E-state index contributed by atoms with van der Waals surface area (Å²) in [6.45, 7) is 1.90. The van der Waals surface area contributed by atoms with Gasteiger partial charge in [0.15, 0.2) is 5.96 Å². The van der Waals surface area contributed by atoms with E-state index in [1.54, 1.807) is 38.4 Å². The second kappa shape index (κ2) is 14.0. The summed E-state index contributed by atoms with van der Waals surface area (Å²) in [4.78, 5) is 43.4. The molecule has 0 bridgehead atoms. The summed E-state index contributed by atoms with van der Waals surface area (Å²) in [5, 5.41) is 21.2. The summed E-state index contributed by atoms with van der Waals surface area (Å²) < 4.78 is 0. The van der Waals surface area contributed by atoms with Crippen molar-refractivity contribution in [3.63, 3.8) is 0 Å². The molecule has 1 aliphatic heterocycles. The SMILES string of the molecule is CN(C)C(=O)[C@@H](Cc1ccc(C(=N)N)cc1)C(=O)N[C@H](C(=O)NCC1CCN(C(=N)N)CC1)C1CCCCC1. The minimum absolute atomic E-state index is 0.0206. The molecule has 1 aromatic carbocycles. The number of carbonyl (C=O) groups is 3. The molecule has 3 amide bonds. The number of piperidine rings is 1. The molecule has 2 fully saturated rings. The molecule has 11 nitrogen and oxygen atoms in total. The van der Waals surface area contributed by atoms with Crippen LogP contribution in [0.25, 0.3) is 0 Å². The van der Waals surface area contributed by atoms with Crippen LogP contribution >= 0.6 is 0 Å². The fraction of sp³-hybridized carbons (Fsp3) is 0.607. The largest absolute Gasteiger partial charge is 0.384 e. The van der Waals surface area contributed by atoms with Gasteiger partial charge in [-0.25, -0.2) is 0 Å². The third-order valence-electron chi connectivity index (χ3n) is 7.98. The van der Waals surface area contributed by atoms with Gasteiger partial charge in [0.1, 0.15) is 17.8 Å². The zero-order valence-electron chi connectivity index (χ0n) is 23.2. The number of nitrogens with zero attached hydrogens (tertiary/aromatic N) is 2. The summed E-state index contributed by atoms with van der Waals surface area (Å²) in [5.41, 5.74) is 12.5. The second-order valence-electron chi connectivity index (χ2n) is 11.0. The molecule has 1 aromatic rings. The van der Waals surface area contributed by atoms with Crippen LogP contribution in [-0.4, -0.2) is 79.1 Å². The van der Waals surface area contributed by atoms with E-state index in [4.69, 9.17) is 22.3 Å². The summed E-state index contributed by atoms with van der Waals surface area (Å²) in [7, 11) is 3.23. The van der Waals surface area contributed by atoms with Gasteiger partial charge in [-0.05, 0) is 49.5 Å². The van der Waals surface area contributed by atoms with Crippen molar-refractivity contribution in [1.29, 1.82) is 10.8 Å². The van der Waals surface area contributed by atoms with E-state index in [2.05, 4.69) is 10.6 Å². The first-order valence-electron chi connectivity index (χ1n) is 13.9. The number of amidine groups is 1. The van der Waals surface area contributed by atoms with Crippen LogP contribution in [0, 0.1) is 28.6 Å². The van der Waals surface area contributed by atoms with Crippen molar-refractivity contribution >= 4 is 29.5 Å². The van der Waals surface area contributed by atoms with Gasteiger partial charge in [0.25, 0.3) is 0 Å². The molecule has 1 heterocycles. The van der Waals surface area contributed by atoms with E-state index in [1.807, 2.05) is 4.90 Å². The van der Waals surface area contributed by atoms with Gasteiger partial charge in [-0.2, -0.15) is 0 Å². The summed E-state index contributed by atoms with van der Waals surface area (Å²) in [6.07, 6.45) is 6.69. The van der Waals surface area contributed by atoms with E-state index >= 15 is 0 Å². The van der Waals surface area contributed by atoms with Crippen LogP contribution in [0.5, 0.6) is 0 Å². The zero-order chi connectivity index (χ0) is 28.5. The van der Waals surface area contributed by atoms with Crippen LogP contribution in [0.15, 0.2) is 24.3 Å². The number of guanidine groups is 1. The van der Waals surface area contributed by atoms with E-state index in [9.17, 15) is 14.4 Å². The lowest BCUT2D eigenvalue weighted by Crippen LogP contribution is -2.55. The smallest absolute Gasteiger partial charge is 0.242 e. The van der Waals surface area contributed by atoms with Crippen molar-refractivity contribution in [2.45, 2.75) is 57.4 Å². The Kier molecular flexibility index (Phi) is 10.7. The predicted molar refractivity (Wildman–Crippen MR) is 151 cm³/mol. The van der Waals surface area contributed by atoms with Gasteiger partial charge in [0.2, 0.25) is 17.7 Å². The number of amides is 3. The summed E-state index contributed by atoms with van der Waals surface area (Å²) in [5.74, 6) is -1.64.